The fourth-order valence-corrected chi connectivity index (χ4v) is 7.02. The Morgan fingerprint density at radius 2 is 0.711 bits per heavy atom. The van der Waals surface area contributed by atoms with Crippen molar-refractivity contribution in [2.75, 3.05) is 0 Å². The Labute approximate surface area is 200 Å². The Morgan fingerprint density at radius 1 is 0.395 bits per heavy atom. The SMILES string of the molecule is O=[N+]([O-])C12CC3(O)CC([N+](=O)[O-])(C1([N+](=O)[O-])[N+](=O)[O-])C([N+](=O)[O-])([N+](=O)[O-])C([N+](=O)[O-])(C2)C3([N+](=O)[O-])[N+](=O)[O-]. The lowest BCUT2D eigenvalue weighted by molar-refractivity contribution is -1.02. The molecular formula is C10H7N9O19. The molecule has 4 saturated carbocycles. The summed E-state index contributed by atoms with van der Waals surface area (Å²) in [6, 6.07) is 0. The molecule has 38 heavy (non-hydrogen) atoms. The molecule has 0 heterocycles. The highest BCUT2D eigenvalue weighted by Gasteiger charge is 3.30. The van der Waals surface area contributed by atoms with E-state index >= 15 is 0 Å². The Morgan fingerprint density at radius 3 is 0.974 bits per heavy atom. The summed E-state index contributed by atoms with van der Waals surface area (Å²) in [5, 5.41) is 121. The highest BCUT2D eigenvalue weighted by atomic mass is 16.7. The molecule has 0 radical (unpaired) electrons. The van der Waals surface area contributed by atoms with Crippen molar-refractivity contribution in [3.05, 3.63) is 91.0 Å². The van der Waals surface area contributed by atoms with Crippen molar-refractivity contribution in [2.45, 2.75) is 58.5 Å². The van der Waals surface area contributed by atoms with Crippen LogP contribution in [0.5, 0.6) is 0 Å². The van der Waals surface area contributed by atoms with Crippen molar-refractivity contribution < 1.29 is 49.4 Å². The van der Waals surface area contributed by atoms with Gasteiger partial charge in [-0.25, -0.2) is 0 Å². The maximum absolute atomic E-state index is 12.4. The fourth-order valence-electron chi connectivity index (χ4n) is 7.02. The summed E-state index contributed by atoms with van der Waals surface area (Å²) in [5.41, 5.74) is -37.0. The summed E-state index contributed by atoms with van der Waals surface area (Å²) in [7, 11) is 0. The van der Waals surface area contributed by atoms with Gasteiger partial charge in [-0.2, -0.15) is 0 Å². The second kappa shape index (κ2) is 6.65. The molecule has 4 unspecified atom stereocenters. The van der Waals surface area contributed by atoms with E-state index < -0.39 is 103 Å². The molecule has 206 valence electrons. The van der Waals surface area contributed by atoms with Gasteiger partial charge in [0.15, 0.2) is 0 Å². The van der Waals surface area contributed by atoms with Crippen molar-refractivity contribution in [1.29, 1.82) is 0 Å². The molecule has 0 aromatic heterocycles. The molecule has 0 amide bonds. The van der Waals surface area contributed by atoms with Crippen molar-refractivity contribution >= 4 is 0 Å². The molecule has 0 aromatic carbocycles. The Balaban J connectivity index is 3.00. The first-order valence-electron chi connectivity index (χ1n) is 9.14. The van der Waals surface area contributed by atoms with Crippen LogP contribution in [0.1, 0.15) is 19.3 Å². The third-order valence-electron chi connectivity index (χ3n) is 7.84. The maximum Gasteiger partial charge on any atom is 0.625 e. The predicted molar refractivity (Wildman–Crippen MR) is 98.1 cm³/mol. The minimum atomic E-state index is -5.92. The van der Waals surface area contributed by atoms with E-state index in [0.717, 1.165) is 0 Å². The number of nitrogens with zero attached hydrogens (tertiary/aromatic N) is 9. The minimum Gasteiger partial charge on any atom is -0.375 e. The van der Waals surface area contributed by atoms with Crippen molar-refractivity contribution in [2.24, 2.45) is 0 Å². The monoisotopic (exact) mass is 557 g/mol. The van der Waals surface area contributed by atoms with Gasteiger partial charge in [0.25, 0.3) is 0 Å². The van der Waals surface area contributed by atoms with Crippen molar-refractivity contribution in [3.8, 4) is 0 Å². The van der Waals surface area contributed by atoms with E-state index in [-0.39, 0.29) is 0 Å². The van der Waals surface area contributed by atoms with E-state index in [9.17, 15) is 96.1 Å². The smallest absolute Gasteiger partial charge is 0.375 e. The zero-order valence-electron chi connectivity index (χ0n) is 17.4. The second-order valence-electron chi connectivity index (χ2n) is 8.64. The van der Waals surface area contributed by atoms with Crippen molar-refractivity contribution in [3.63, 3.8) is 0 Å². The van der Waals surface area contributed by atoms with Gasteiger partial charge in [-0.1, -0.05) is 0 Å². The zero-order valence-corrected chi connectivity index (χ0v) is 17.4. The molecule has 28 heteroatoms. The zero-order chi connectivity index (χ0) is 29.8. The molecule has 4 rings (SSSR count). The van der Waals surface area contributed by atoms with Gasteiger partial charge < -0.3 is 5.11 Å². The first-order valence-corrected chi connectivity index (χ1v) is 9.14. The van der Waals surface area contributed by atoms with Crippen LogP contribution in [0.2, 0.25) is 0 Å². The van der Waals surface area contributed by atoms with Crippen LogP contribution in [0.25, 0.3) is 0 Å². The molecule has 4 aliphatic rings. The summed E-state index contributed by atoms with van der Waals surface area (Å²) < 4.78 is 0. The minimum absolute atomic E-state index is 2.23. The third kappa shape index (κ3) is 1.84. The van der Waals surface area contributed by atoms with Gasteiger partial charge in [0.1, 0.15) is 36.0 Å². The molecule has 4 atom stereocenters. The van der Waals surface area contributed by atoms with Gasteiger partial charge in [0, 0.05) is 4.92 Å². The van der Waals surface area contributed by atoms with Crippen LogP contribution >= 0.6 is 0 Å². The average molecular weight is 557 g/mol. The van der Waals surface area contributed by atoms with Crippen LogP contribution in [0.3, 0.4) is 0 Å². The maximum atomic E-state index is 12.4. The van der Waals surface area contributed by atoms with Crippen LogP contribution in [-0.4, -0.2) is 88.6 Å². The largest absolute Gasteiger partial charge is 0.625 e. The molecule has 0 saturated heterocycles. The summed E-state index contributed by atoms with van der Waals surface area (Å²) in [6.45, 7) is 0. The van der Waals surface area contributed by atoms with Gasteiger partial charge >= 0.3 is 33.6 Å². The van der Waals surface area contributed by atoms with E-state index in [0.29, 0.717) is 0 Å². The molecule has 4 fully saturated rings. The predicted octanol–water partition coefficient (Wildman–Crippen LogP) is -3.28. The lowest BCUT2D eigenvalue weighted by Crippen LogP contribution is -3.08. The van der Waals surface area contributed by atoms with E-state index in [4.69, 9.17) is 0 Å². The second-order valence-corrected chi connectivity index (χ2v) is 8.64. The number of hydrogen-bond donors (Lipinski definition) is 1. The molecule has 4 aliphatic carbocycles. The quantitative estimate of drug-likeness (QED) is 0.165. The topological polar surface area (TPSA) is 408 Å². The third-order valence-corrected chi connectivity index (χ3v) is 7.84. The highest BCUT2D eigenvalue weighted by molar-refractivity contribution is 5.39. The number of rotatable bonds is 9. The Bertz CT molecular complexity index is 1270. The molecule has 0 spiro atoms. The first-order chi connectivity index (χ1) is 17.1. The van der Waals surface area contributed by atoms with Crippen LogP contribution in [0.15, 0.2) is 0 Å². The average Bonchev–Trinajstić information content (AvgIpc) is 2.70. The molecular weight excluding hydrogens is 550 g/mol. The lowest BCUT2D eigenvalue weighted by Gasteiger charge is -2.57. The summed E-state index contributed by atoms with van der Waals surface area (Å²) >= 11 is 0. The first kappa shape index (κ1) is 27.2. The highest BCUT2D eigenvalue weighted by Crippen LogP contribution is 2.75. The van der Waals surface area contributed by atoms with E-state index in [1.807, 2.05) is 0 Å². The number of nitro groups is 9. The summed E-state index contributed by atoms with van der Waals surface area (Å²) in [6.07, 6.45) is -8.60. The van der Waals surface area contributed by atoms with Gasteiger partial charge in [0.05, 0.1) is 22.7 Å². The van der Waals surface area contributed by atoms with Gasteiger partial charge in [-0.15, -0.1) is 0 Å². The van der Waals surface area contributed by atoms with E-state index in [1.165, 1.54) is 0 Å². The van der Waals surface area contributed by atoms with Crippen LogP contribution in [-0.2, 0) is 0 Å². The normalized spacial score (nSPS) is 35.0. The van der Waals surface area contributed by atoms with Crippen LogP contribution in [0, 0.1) is 91.0 Å². The van der Waals surface area contributed by atoms with Crippen LogP contribution in [0.4, 0.5) is 0 Å². The van der Waals surface area contributed by atoms with Crippen molar-refractivity contribution in [1.82, 2.24) is 0 Å². The summed E-state index contributed by atoms with van der Waals surface area (Å²) in [5.74, 6) is 0. The van der Waals surface area contributed by atoms with Gasteiger partial charge in [-0.3, -0.25) is 91.0 Å². The lowest BCUT2D eigenvalue weighted by atomic mass is 9.33. The van der Waals surface area contributed by atoms with E-state index in [2.05, 4.69) is 0 Å². The molecule has 4 bridgehead atoms. The number of aliphatic hydroxyl groups is 1. The Kier molecular flexibility index (Phi) is 4.75. The Hall–Kier alpha value is -5.44. The molecule has 1 N–H and O–H groups in total. The molecule has 28 nitrogen and oxygen atoms in total. The number of hydrogen-bond acceptors (Lipinski definition) is 19. The fraction of sp³-hybridized carbons (Fsp3) is 1.00. The van der Waals surface area contributed by atoms with Gasteiger partial charge in [-0.05, 0) is 0 Å². The molecule has 0 aromatic rings. The summed E-state index contributed by atoms with van der Waals surface area (Å²) in [4.78, 5) is 87.4. The molecule has 0 aliphatic heterocycles. The van der Waals surface area contributed by atoms with E-state index in [1.54, 1.807) is 0 Å². The standard InChI is InChI=1S/C10H7N9O19/c20-5-1-4(11(21)22)2-6(12(23)24,9(5,16(31)32)17(33)34)10(18(35)36,19(37)38)7(3-5,13(25)26)8(4,14(27)28)15(29)30/h20H,1-3H2. The van der Waals surface area contributed by atoms with Crippen LogP contribution < -0.4 is 0 Å². The van der Waals surface area contributed by atoms with Gasteiger partial charge in [0.2, 0.25) is 5.60 Å².